The van der Waals surface area contributed by atoms with Crippen LogP contribution in [0.25, 0.3) is 5.70 Å². The van der Waals surface area contributed by atoms with Crippen molar-refractivity contribution in [2.45, 2.75) is 313 Å². The molecule has 10 heteroatoms. The number of nitrogens with zero attached hydrogens (tertiary/aromatic N) is 5. The lowest BCUT2D eigenvalue weighted by molar-refractivity contribution is 0.285. The van der Waals surface area contributed by atoms with Crippen LogP contribution in [0.1, 0.15) is 281 Å². The third-order valence-electron chi connectivity index (χ3n) is 22.1. The van der Waals surface area contributed by atoms with Crippen LogP contribution >= 0.6 is 0 Å². The van der Waals surface area contributed by atoms with Crippen LogP contribution in [0, 0.1) is 73.5 Å². The summed E-state index contributed by atoms with van der Waals surface area (Å²) in [4.78, 5) is 11.8. The van der Waals surface area contributed by atoms with Crippen molar-refractivity contribution in [1.82, 2.24) is 26.5 Å². The molecule has 0 bridgehead atoms. The highest BCUT2D eigenvalue weighted by atomic mass is 15.4. The maximum atomic E-state index is 8.95. The molecule has 2 aliphatic carbocycles. The Kier molecular flexibility index (Phi) is 29.9. The van der Waals surface area contributed by atoms with Crippen LogP contribution in [0.4, 0.5) is 28.4 Å². The monoisotopic (exact) mass is 1490 g/mol. The largest absolute Gasteiger partial charge is 0.367 e. The number of nitrogens with one attached hydrogen (secondary N) is 5. The van der Waals surface area contributed by atoms with Crippen molar-refractivity contribution in [2.75, 3.05) is 24.5 Å². The maximum absolute atomic E-state index is 8.95. The van der Waals surface area contributed by atoms with Crippen molar-refractivity contribution < 1.29 is 7.06 Å². The number of benzene rings is 6. The number of allylic oxidation sites excluding steroid dienone is 9. The van der Waals surface area contributed by atoms with Crippen LogP contribution in [0.2, 0.25) is 7.06 Å². The highest BCUT2D eigenvalue weighted by Gasteiger charge is 2.44. The van der Waals surface area contributed by atoms with E-state index in [0.29, 0.717) is 11.8 Å². The standard InChI is InChI=1S/C21H32N2.C21H26N2.C20H30N2.2C16H24N2.5CH4/c2*1-15-11-9-10-14-18(15)23-16(2)19(17-12-7-6-8-13-17)22-20(23)21(3,4)5;1-14-10-6-9-13-17(14)22-15(2)18(16-11-7-8-12-16)21-19(22)20(3,4)5;2*1-11-9-7-8-10-14(11)18-13(3)12(2)17-15(18)16(4,5)6;;;;;/h9-11,14,17,20,22H,6-8,12-13H2,1-5H3;6-14,20,22H,1-5H3;6,9-10,13,16,19,21H,7-8,11-12H2,1-5H3;2*7-10,15,17H,1-6H3;5*1H4/i/hD5. The van der Waals surface area contributed by atoms with Crippen molar-refractivity contribution in [3.8, 4) is 0 Å². The van der Waals surface area contributed by atoms with Gasteiger partial charge in [0.2, 0.25) is 0 Å². The molecule has 0 saturated heterocycles. The third-order valence-corrected chi connectivity index (χ3v) is 22.1. The number of para-hydroxylation sites is 5. The van der Waals surface area contributed by atoms with E-state index in [0.717, 1.165) is 28.4 Å². The summed E-state index contributed by atoms with van der Waals surface area (Å²) in [5.41, 5.74) is 25.0. The van der Waals surface area contributed by atoms with Crippen molar-refractivity contribution >= 4 is 34.1 Å². The average molecular weight is 1490 g/mol. The Morgan fingerprint density at radius 3 is 0.752 bits per heavy atom. The van der Waals surface area contributed by atoms with Gasteiger partial charge in [0.05, 0.1) is 5.70 Å². The van der Waals surface area contributed by atoms with E-state index < -0.39 is 0 Å². The first kappa shape index (κ1) is 85.0. The summed E-state index contributed by atoms with van der Waals surface area (Å²) in [6.45, 7) is 58.8. The SMILES string of the molecule is C.C.C.C.C.[2H]N1C(C)=C(C)N(c2ccccc2C)C1C(C)(C)C.[2H]N1C(C)=C(C)N(c2ccccc2C)C1C(C)(C)C.[2H]N1C(C2CCCC2)=C(C)N(c2ccccc2C)C1C(C)(C)C.[2H]N1C(C2CCCCC2)=C(C)N(c2ccccc2C)C1C(C)(C)C.[2H]N1C(c2ccccc2)=C(C)N(c2ccccc2C)C1C(C)(C)C. The van der Waals surface area contributed by atoms with Gasteiger partial charge in [0.25, 0.3) is 0 Å². The van der Waals surface area contributed by atoms with Crippen molar-refractivity contribution in [1.29, 1.82) is 0 Å². The second-order valence-electron chi connectivity index (χ2n) is 36.0. The number of aryl methyl sites for hydroxylation is 5. The van der Waals surface area contributed by atoms with Gasteiger partial charge in [-0.2, -0.15) is 0 Å². The fraction of sp³-hybridized carbons (Fsp3) is 0.535. The molecule has 10 nitrogen and oxygen atoms in total. The predicted molar refractivity (Wildman–Crippen MR) is 484 cm³/mol. The number of hydrogen-bond acceptors (Lipinski definition) is 10. The van der Waals surface area contributed by atoms with Gasteiger partial charge < -0.3 is 51.0 Å². The zero-order valence-electron chi connectivity index (χ0n) is 74.3. The molecular weight excluding hydrogens is 1330 g/mol. The van der Waals surface area contributed by atoms with Gasteiger partial charge in [0.15, 0.2) is 7.06 Å². The lowest BCUT2D eigenvalue weighted by atomic mass is 9.86. The Hall–Kier alpha value is -7.98. The van der Waals surface area contributed by atoms with E-state index in [1.807, 2.05) is 42.7 Å². The molecule has 602 valence electrons. The lowest BCUT2D eigenvalue weighted by Gasteiger charge is -2.38. The first-order chi connectivity index (χ1) is 51.0. The van der Waals surface area contributed by atoms with Gasteiger partial charge in [-0.1, -0.05) is 294 Å². The van der Waals surface area contributed by atoms with Crippen LogP contribution in [0.5, 0.6) is 0 Å². The van der Waals surface area contributed by atoms with Crippen LogP contribution in [-0.4, -0.2) is 30.8 Å². The van der Waals surface area contributed by atoms with E-state index in [1.54, 1.807) is 15.9 Å². The second-order valence-corrected chi connectivity index (χ2v) is 36.0. The first-order valence-corrected chi connectivity index (χ1v) is 39.1. The Labute approximate surface area is 676 Å². The topological polar surface area (TPSA) is 76.3 Å². The Morgan fingerprint density at radius 2 is 0.486 bits per heavy atom. The average Bonchev–Trinajstić information content (AvgIpc) is 1.62. The van der Waals surface area contributed by atoms with Crippen LogP contribution in [0.15, 0.2) is 203 Å². The molecule has 2 saturated carbocycles. The third kappa shape index (κ3) is 21.4. The summed E-state index contributed by atoms with van der Waals surface area (Å²) in [5.74, 6) is 1.11. The molecule has 5 aliphatic heterocycles. The first-order valence-electron chi connectivity index (χ1n) is 41.4. The fourth-order valence-corrected chi connectivity index (χ4v) is 16.0. The Morgan fingerprint density at radius 1 is 0.266 bits per heavy atom. The van der Waals surface area contributed by atoms with Crippen LogP contribution in [-0.2, 0) is 0 Å². The molecule has 6 aromatic rings. The van der Waals surface area contributed by atoms with Gasteiger partial charge in [-0.3, -0.25) is 0 Å². The molecule has 0 radical (unpaired) electrons. The molecule has 0 spiro atoms. The molecule has 13 rings (SSSR count). The molecule has 5 unspecified atom stereocenters. The van der Waals surface area contributed by atoms with E-state index in [2.05, 4.69) is 331 Å². The molecule has 6 aromatic carbocycles. The molecular formula is C99H156N10. The number of anilines is 5. The highest BCUT2D eigenvalue weighted by molar-refractivity contribution is 5.77. The molecule has 5 atom stereocenters. The Bertz CT molecular complexity index is 4180. The number of hydrogen-bond donors (Lipinski definition) is 5. The fourth-order valence-electron chi connectivity index (χ4n) is 16.0. The smallest absolute Gasteiger partial charge is 0.162 e. The van der Waals surface area contributed by atoms with Crippen LogP contribution < -0.4 is 51.0 Å². The Balaban J connectivity index is 0.000000298. The molecule has 7 aliphatic rings. The quantitative estimate of drug-likeness (QED) is 0.102. The minimum absolute atomic E-state index is 0. The van der Waals surface area contributed by atoms with E-state index >= 15 is 0 Å². The molecule has 0 amide bonds. The van der Waals surface area contributed by atoms with Gasteiger partial charge in [-0.25, -0.2) is 0 Å². The zero-order chi connectivity index (χ0) is 80.5. The van der Waals surface area contributed by atoms with Crippen LogP contribution in [0.3, 0.4) is 0 Å². The lowest BCUT2D eigenvalue weighted by Crippen LogP contribution is -2.47. The normalized spacial score (nSPS) is 21.3. The van der Waals surface area contributed by atoms with Gasteiger partial charge in [-0.05, 0) is 172 Å². The van der Waals surface area contributed by atoms with Crippen molar-refractivity contribution in [3.05, 3.63) is 236 Å². The maximum Gasteiger partial charge on any atom is 0.162 e. The van der Waals surface area contributed by atoms with Crippen molar-refractivity contribution in [3.63, 3.8) is 0 Å². The molecule has 2 fully saturated rings. The second kappa shape index (κ2) is 38.3. The molecule has 5 N–H and O–H groups in total. The van der Waals surface area contributed by atoms with Gasteiger partial charge >= 0.3 is 0 Å². The predicted octanol–water partition coefficient (Wildman–Crippen LogP) is 27.2. The van der Waals surface area contributed by atoms with Gasteiger partial charge in [-0.15, -0.1) is 0 Å². The molecule has 5 heterocycles. The van der Waals surface area contributed by atoms with E-state index in [1.165, 1.54) is 148 Å². The minimum atomic E-state index is -0.0676. The highest BCUT2D eigenvalue weighted by Crippen LogP contribution is 2.46. The summed E-state index contributed by atoms with van der Waals surface area (Å²) in [6, 6.07) is 52.6. The van der Waals surface area contributed by atoms with E-state index in [4.69, 9.17) is 7.06 Å². The van der Waals surface area contributed by atoms with E-state index in [-0.39, 0.29) is 95.0 Å². The summed E-state index contributed by atoms with van der Waals surface area (Å²) in [7, 11) is 0. The van der Waals surface area contributed by atoms with Gasteiger partial charge in [0.1, 0.15) is 30.8 Å². The van der Waals surface area contributed by atoms with Crippen molar-refractivity contribution in [2.24, 2.45) is 38.9 Å². The summed E-state index contributed by atoms with van der Waals surface area (Å²) < 4.78 is 43.4. The summed E-state index contributed by atoms with van der Waals surface area (Å²) in [5, 5.41) is 8.68. The minimum Gasteiger partial charge on any atom is -0.367 e. The van der Waals surface area contributed by atoms with E-state index in [9.17, 15) is 0 Å². The molecule has 109 heavy (non-hydrogen) atoms. The van der Waals surface area contributed by atoms with Gasteiger partial charge in [0, 0.05) is 119 Å². The molecule has 0 aromatic heterocycles. The zero-order valence-corrected chi connectivity index (χ0v) is 69.3. The summed E-state index contributed by atoms with van der Waals surface area (Å²) >= 11 is 0. The summed E-state index contributed by atoms with van der Waals surface area (Å²) in [6.07, 6.45) is 11.7. The number of rotatable bonds is 8.